The molecule has 0 unspecified atom stereocenters. The first kappa shape index (κ1) is 20.6. The Balaban J connectivity index is 1.81. The molecule has 1 N–H and O–H groups in total. The van der Waals surface area contributed by atoms with Crippen molar-refractivity contribution in [1.29, 1.82) is 0 Å². The van der Waals surface area contributed by atoms with Gasteiger partial charge in [0.2, 0.25) is 5.91 Å². The third-order valence-electron chi connectivity index (χ3n) is 4.01. The zero-order valence-corrected chi connectivity index (χ0v) is 15.4. The Kier molecular flexibility index (Phi) is 6.70. The van der Waals surface area contributed by atoms with Gasteiger partial charge in [-0.1, -0.05) is 6.07 Å². The predicted molar refractivity (Wildman–Crippen MR) is 92.8 cm³/mol. The standard InChI is InChI=1S/C18H22F3N3O3/c1-12-10-16(18(19,20)21)23-24(12)9-7-17(25)22-8-6-13-4-5-14(26-2)15(11-13)27-3/h4-5,10-11H,6-9H2,1-3H3,(H,22,25). The second-order valence-corrected chi connectivity index (χ2v) is 5.93. The Bertz CT molecular complexity index is 788. The molecule has 0 fully saturated rings. The molecule has 148 valence electrons. The number of rotatable bonds is 8. The molecule has 0 bridgehead atoms. The van der Waals surface area contributed by atoms with E-state index in [1.807, 2.05) is 12.1 Å². The van der Waals surface area contributed by atoms with Gasteiger partial charge in [0, 0.05) is 25.2 Å². The molecule has 27 heavy (non-hydrogen) atoms. The molecular weight excluding hydrogens is 363 g/mol. The predicted octanol–water partition coefficient (Wildman–Crippen LogP) is 2.98. The van der Waals surface area contributed by atoms with Crippen LogP contribution in [-0.4, -0.2) is 36.5 Å². The van der Waals surface area contributed by atoms with E-state index in [9.17, 15) is 18.0 Å². The second kappa shape index (κ2) is 8.79. The van der Waals surface area contributed by atoms with E-state index in [1.54, 1.807) is 20.3 Å². The number of ether oxygens (including phenoxy) is 2. The Morgan fingerprint density at radius 3 is 2.48 bits per heavy atom. The lowest BCUT2D eigenvalue weighted by Crippen LogP contribution is -2.27. The van der Waals surface area contributed by atoms with Crippen LogP contribution in [0.4, 0.5) is 13.2 Å². The normalized spacial score (nSPS) is 11.3. The number of hydrogen-bond acceptors (Lipinski definition) is 4. The highest BCUT2D eigenvalue weighted by atomic mass is 19.4. The first-order valence-corrected chi connectivity index (χ1v) is 8.34. The van der Waals surface area contributed by atoms with Crippen molar-refractivity contribution in [3.63, 3.8) is 0 Å². The van der Waals surface area contributed by atoms with Crippen molar-refractivity contribution in [3.05, 3.63) is 41.2 Å². The van der Waals surface area contributed by atoms with E-state index in [0.717, 1.165) is 11.6 Å². The number of carbonyl (C=O) groups is 1. The van der Waals surface area contributed by atoms with E-state index in [2.05, 4.69) is 10.4 Å². The number of alkyl halides is 3. The van der Waals surface area contributed by atoms with E-state index in [1.165, 1.54) is 11.6 Å². The van der Waals surface area contributed by atoms with Crippen LogP contribution in [0.5, 0.6) is 11.5 Å². The van der Waals surface area contributed by atoms with Gasteiger partial charge in [0.1, 0.15) is 0 Å². The van der Waals surface area contributed by atoms with Crippen LogP contribution >= 0.6 is 0 Å². The van der Waals surface area contributed by atoms with Crippen molar-refractivity contribution in [3.8, 4) is 11.5 Å². The molecule has 0 aliphatic carbocycles. The average Bonchev–Trinajstić information content (AvgIpc) is 3.01. The molecule has 0 saturated carbocycles. The average molecular weight is 385 g/mol. The highest BCUT2D eigenvalue weighted by molar-refractivity contribution is 5.75. The summed E-state index contributed by atoms with van der Waals surface area (Å²) in [6.07, 6.45) is -3.85. The fourth-order valence-corrected chi connectivity index (χ4v) is 2.55. The number of aryl methyl sites for hydroxylation is 2. The van der Waals surface area contributed by atoms with Gasteiger partial charge in [-0.25, -0.2) is 0 Å². The van der Waals surface area contributed by atoms with Crippen molar-refractivity contribution < 1.29 is 27.4 Å². The lowest BCUT2D eigenvalue weighted by atomic mass is 10.1. The Hall–Kier alpha value is -2.71. The summed E-state index contributed by atoms with van der Waals surface area (Å²) in [7, 11) is 3.10. The summed E-state index contributed by atoms with van der Waals surface area (Å²) in [5, 5.41) is 6.25. The number of benzene rings is 1. The number of hydrogen-bond donors (Lipinski definition) is 1. The van der Waals surface area contributed by atoms with Crippen molar-refractivity contribution >= 4 is 5.91 Å². The van der Waals surface area contributed by atoms with Gasteiger partial charge in [-0.3, -0.25) is 9.48 Å². The van der Waals surface area contributed by atoms with Crippen LogP contribution in [0.2, 0.25) is 0 Å². The molecule has 0 atom stereocenters. The topological polar surface area (TPSA) is 65.4 Å². The van der Waals surface area contributed by atoms with E-state index in [0.29, 0.717) is 30.2 Å². The lowest BCUT2D eigenvalue weighted by molar-refractivity contribution is -0.141. The van der Waals surface area contributed by atoms with Crippen LogP contribution in [0.3, 0.4) is 0 Å². The summed E-state index contributed by atoms with van der Waals surface area (Å²) >= 11 is 0. The number of nitrogens with zero attached hydrogens (tertiary/aromatic N) is 2. The molecule has 9 heteroatoms. The van der Waals surface area contributed by atoms with E-state index < -0.39 is 11.9 Å². The van der Waals surface area contributed by atoms with Crippen LogP contribution in [0.15, 0.2) is 24.3 Å². The summed E-state index contributed by atoms with van der Waals surface area (Å²) in [5.41, 5.74) is 0.375. The number of methoxy groups -OCH3 is 2. The van der Waals surface area contributed by atoms with E-state index in [-0.39, 0.29) is 18.9 Å². The number of amides is 1. The molecule has 1 aromatic heterocycles. The molecule has 0 aliphatic rings. The molecule has 0 aliphatic heterocycles. The van der Waals surface area contributed by atoms with Gasteiger partial charge < -0.3 is 14.8 Å². The summed E-state index contributed by atoms with van der Waals surface area (Å²) in [4.78, 5) is 11.9. The van der Waals surface area contributed by atoms with Crippen LogP contribution in [-0.2, 0) is 23.9 Å². The van der Waals surface area contributed by atoms with Crippen LogP contribution in [0, 0.1) is 6.92 Å². The first-order chi connectivity index (χ1) is 12.7. The molecule has 2 rings (SSSR count). The molecular formula is C18H22F3N3O3. The van der Waals surface area contributed by atoms with Gasteiger partial charge in [-0.2, -0.15) is 18.3 Å². The van der Waals surface area contributed by atoms with Crippen molar-refractivity contribution in [1.82, 2.24) is 15.1 Å². The summed E-state index contributed by atoms with van der Waals surface area (Å²) in [6.45, 7) is 2.02. The molecule has 0 spiro atoms. The number of nitrogens with one attached hydrogen (secondary N) is 1. The number of halogens is 3. The molecule has 1 heterocycles. The van der Waals surface area contributed by atoms with Gasteiger partial charge in [0.05, 0.1) is 14.2 Å². The van der Waals surface area contributed by atoms with Gasteiger partial charge in [-0.15, -0.1) is 0 Å². The SMILES string of the molecule is COc1ccc(CCNC(=O)CCn2nc(C(F)(F)F)cc2C)cc1OC. The summed E-state index contributed by atoms with van der Waals surface area (Å²) in [5.74, 6) is 0.980. The molecule has 1 aromatic carbocycles. The van der Waals surface area contributed by atoms with Gasteiger partial charge in [0.15, 0.2) is 17.2 Å². The number of carbonyl (C=O) groups excluding carboxylic acids is 1. The fourth-order valence-electron chi connectivity index (χ4n) is 2.55. The zero-order valence-electron chi connectivity index (χ0n) is 15.4. The van der Waals surface area contributed by atoms with Crippen molar-refractivity contribution in [2.24, 2.45) is 0 Å². The van der Waals surface area contributed by atoms with E-state index in [4.69, 9.17) is 9.47 Å². The zero-order chi connectivity index (χ0) is 20.0. The smallest absolute Gasteiger partial charge is 0.435 e. The Morgan fingerprint density at radius 2 is 1.89 bits per heavy atom. The maximum atomic E-state index is 12.6. The molecule has 6 nitrogen and oxygen atoms in total. The minimum Gasteiger partial charge on any atom is -0.493 e. The van der Waals surface area contributed by atoms with Crippen LogP contribution < -0.4 is 14.8 Å². The quantitative estimate of drug-likeness (QED) is 0.759. The number of aromatic nitrogens is 2. The lowest BCUT2D eigenvalue weighted by Gasteiger charge is -2.10. The minimum atomic E-state index is -4.49. The van der Waals surface area contributed by atoms with Crippen LogP contribution in [0.25, 0.3) is 0 Å². The van der Waals surface area contributed by atoms with Gasteiger partial charge in [0.25, 0.3) is 0 Å². The van der Waals surface area contributed by atoms with Gasteiger partial charge >= 0.3 is 6.18 Å². The Labute approximate surface area is 155 Å². The maximum Gasteiger partial charge on any atom is 0.435 e. The molecule has 2 aromatic rings. The maximum absolute atomic E-state index is 12.6. The largest absolute Gasteiger partial charge is 0.493 e. The third-order valence-corrected chi connectivity index (χ3v) is 4.01. The molecule has 0 saturated heterocycles. The highest BCUT2D eigenvalue weighted by Crippen LogP contribution is 2.29. The summed E-state index contributed by atoms with van der Waals surface area (Å²) < 4.78 is 49.5. The Morgan fingerprint density at radius 1 is 1.19 bits per heavy atom. The van der Waals surface area contributed by atoms with Gasteiger partial charge in [-0.05, 0) is 37.1 Å². The third kappa shape index (κ3) is 5.63. The van der Waals surface area contributed by atoms with Crippen molar-refractivity contribution in [2.45, 2.75) is 32.5 Å². The van der Waals surface area contributed by atoms with E-state index >= 15 is 0 Å². The fraction of sp³-hybridized carbons (Fsp3) is 0.444. The first-order valence-electron chi connectivity index (χ1n) is 8.34. The van der Waals surface area contributed by atoms with Crippen molar-refractivity contribution in [2.75, 3.05) is 20.8 Å². The van der Waals surface area contributed by atoms with Crippen LogP contribution in [0.1, 0.15) is 23.4 Å². The minimum absolute atomic E-state index is 0.0474. The monoisotopic (exact) mass is 385 g/mol. The molecule has 0 radical (unpaired) electrons. The summed E-state index contributed by atoms with van der Waals surface area (Å²) in [6, 6.07) is 6.46. The second-order valence-electron chi connectivity index (χ2n) is 5.93. The highest BCUT2D eigenvalue weighted by Gasteiger charge is 2.34. The molecule has 1 amide bonds.